The van der Waals surface area contributed by atoms with Crippen molar-refractivity contribution < 1.29 is 29.3 Å². The molecular formula is C10H6BrCl2F5O2S. The highest BCUT2D eigenvalue weighted by molar-refractivity contribution is 9.10. The molecular weight excluding hydrogens is 430 g/mol. The molecule has 1 aliphatic rings. The van der Waals surface area contributed by atoms with Gasteiger partial charge in [-0.25, -0.2) is 0 Å². The quantitative estimate of drug-likeness (QED) is 0.461. The van der Waals surface area contributed by atoms with Gasteiger partial charge in [0.25, 0.3) is 0 Å². The second-order valence-electron chi connectivity index (χ2n) is 4.66. The van der Waals surface area contributed by atoms with Crippen LogP contribution in [0.2, 0.25) is 0 Å². The molecule has 2 rings (SSSR count). The summed E-state index contributed by atoms with van der Waals surface area (Å²) < 4.78 is 62.1. The Labute approximate surface area is 134 Å². The van der Waals surface area contributed by atoms with Gasteiger partial charge in [-0.15, -0.1) is 0 Å². The van der Waals surface area contributed by atoms with Crippen LogP contribution in [-0.4, -0.2) is 15.4 Å². The maximum Gasteiger partial charge on any atom is 0.310 e. The molecule has 0 heterocycles. The van der Waals surface area contributed by atoms with E-state index in [0.29, 0.717) is 0 Å². The van der Waals surface area contributed by atoms with Crippen LogP contribution >= 0.6 is 49.4 Å². The van der Waals surface area contributed by atoms with Crippen LogP contribution in [0.1, 0.15) is 11.5 Å². The molecule has 0 spiro atoms. The fourth-order valence-electron chi connectivity index (χ4n) is 2.04. The molecule has 0 radical (unpaired) electrons. The number of rotatable bonds is 3. The second kappa shape index (κ2) is 3.98. The van der Waals surface area contributed by atoms with E-state index < -0.39 is 37.3 Å². The predicted molar refractivity (Wildman–Crippen MR) is 73.8 cm³/mol. The molecule has 21 heavy (non-hydrogen) atoms. The zero-order valence-corrected chi connectivity index (χ0v) is 13.6. The summed E-state index contributed by atoms with van der Waals surface area (Å²) in [5.41, 5.74) is -0.315. The summed E-state index contributed by atoms with van der Waals surface area (Å²) in [6.45, 7) is 0. The lowest BCUT2D eigenvalue weighted by atomic mass is 10.1. The van der Waals surface area contributed by atoms with Crippen LogP contribution < -0.4 is 0 Å². The van der Waals surface area contributed by atoms with Crippen LogP contribution in [0.4, 0.5) is 19.4 Å². The summed E-state index contributed by atoms with van der Waals surface area (Å²) in [5, 5.41) is 8.88. The van der Waals surface area contributed by atoms with Gasteiger partial charge in [0.05, 0.1) is 5.92 Å². The third-order valence-corrected chi connectivity index (χ3v) is 5.54. The summed E-state index contributed by atoms with van der Waals surface area (Å²) in [7, 11) is -9.89. The fourth-order valence-corrected chi connectivity index (χ4v) is 4.22. The van der Waals surface area contributed by atoms with Crippen LogP contribution in [0.15, 0.2) is 27.6 Å². The monoisotopic (exact) mass is 434 g/mol. The van der Waals surface area contributed by atoms with Gasteiger partial charge in [-0.2, -0.15) is 0 Å². The number of hydrogen-bond acceptors (Lipinski definition) is 1. The lowest BCUT2D eigenvalue weighted by Gasteiger charge is -2.40. The first-order chi connectivity index (χ1) is 9.04. The number of alkyl halides is 2. The van der Waals surface area contributed by atoms with Gasteiger partial charge in [0.1, 0.15) is 9.23 Å². The summed E-state index contributed by atoms with van der Waals surface area (Å²) in [5.74, 6) is -3.98. The summed E-state index contributed by atoms with van der Waals surface area (Å²) in [4.78, 5) is 8.78. The first-order valence-corrected chi connectivity index (χ1v) is 8.69. The maximum absolute atomic E-state index is 12.8. The molecule has 0 bridgehead atoms. The zero-order valence-electron chi connectivity index (χ0n) is 9.67. The van der Waals surface area contributed by atoms with Crippen molar-refractivity contribution in [2.24, 2.45) is 5.92 Å². The molecule has 1 saturated carbocycles. The molecule has 1 N–H and O–H groups in total. The predicted octanol–water partition coefficient (Wildman–Crippen LogP) is 6.08. The Balaban J connectivity index is 2.56. The minimum absolute atomic E-state index is 0.194. The van der Waals surface area contributed by atoms with Crippen molar-refractivity contribution in [1.29, 1.82) is 0 Å². The molecule has 1 aliphatic carbocycles. The fraction of sp³-hybridized carbons (Fsp3) is 0.300. The minimum Gasteiger partial charge on any atom is -0.481 e. The van der Waals surface area contributed by atoms with Gasteiger partial charge in [0, 0.05) is 10.4 Å². The number of benzene rings is 1. The number of carboxylic acids is 1. The van der Waals surface area contributed by atoms with Gasteiger partial charge in [-0.05, 0) is 23.8 Å². The van der Waals surface area contributed by atoms with E-state index in [9.17, 15) is 24.2 Å². The Morgan fingerprint density at radius 2 is 1.71 bits per heavy atom. The topological polar surface area (TPSA) is 37.3 Å². The smallest absolute Gasteiger partial charge is 0.310 e. The van der Waals surface area contributed by atoms with Crippen molar-refractivity contribution in [2.75, 3.05) is 0 Å². The van der Waals surface area contributed by atoms with Crippen molar-refractivity contribution in [3.05, 3.63) is 28.2 Å². The van der Waals surface area contributed by atoms with Crippen LogP contribution in [0.25, 0.3) is 0 Å². The van der Waals surface area contributed by atoms with Crippen molar-refractivity contribution >= 4 is 55.3 Å². The van der Waals surface area contributed by atoms with Gasteiger partial charge in [0.15, 0.2) is 0 Å². The first-order valence-electron chi connectivity index (χ1n) is 5.19. The van der Waals surface area contributed by atoms with Crippen LogP contribution in [0, 0.1) is 5.92 Å². The SMILES string of the molecule is O=C(O)C1C(c2cc(Br)cc(S(F)(F)(F)(F)F)c2)C1(Cl)Cl. The Morgan fingerprint density at radius 3 is 2.10 bits per heavy atom. The molecule has 0 aliphatic heterocycles. The highest BCUT2D eigenvalue weighted by Crippen LogP contribution is 3.02. The van der Waals surface area contributed by atoms with Gasteiger partial charge in [-0.3, -0.25) is 4.79 Å². The largest absolute Gasteiger partial charge is 0.481 e. The van der Waals surface area contributed by atoms with Crippen molar-refractivity contribution in [2.45, 2.75) is 15.1 Å². The molecule has 2 nitrogen and oxygen atoms in total. The van der Waals surface area contributed by atoms with Crippen molar-refractivity contribution in [3.8, 4) is 0 Å². The average molecular weight is 436 g/mol. The number of aliphatic carboxylic acids is 1. The highest BCUT2D eigenvalue weighted by atomic mass is 79.9. The summed E-state index contributed by atoms with van der Waals surface area (Å²) >= 11 is 14.1. The van der Waals surface area contributed by atoms with E-state index in [0.717, 1.165) is 6.07 Å². The van der Waals surface area contributed by atoms with E-state index in [4.69, 9.17) is 28.3 Å². The summed E-state index contributed by atoms with van der Waals surface area (Å²) in [6.07, 6.45) is 0. The van der Waals surface area contributed by atoms with Crippen LogP contribution in [-0.2, 0) is 4.79 Å². The van der Waals surface area contributed by atoms with Gasteiger partial charge < -0.3 is 5.11 Å². The second-order valence-corrected chi connectivity index (χ2v) is 9.43. The van der Waals surface area contributed by atoms with E-state index in [-0.39, 0.29) is 22.2 Å². The Kier molecular flexibility index (Phi) is 3.25. The molecule has 2 atom stereocenters. The first kappa shape index (κ1) is 17.1. The minimum atomic E-state index is -9.89. The third-order valence-electron chi connectivity index (χ3n) is 3.02. The highest BCUT2D eigenvalue weighted by Gasteiger charge is 2.69. The molecule has 2 unspecified atom stereocenters. The van der Waals surface area contributed by atoms with E-state index in [1.54, 1.807) is 0 Å². The van der Waals surface area contributed by atoms with Crippen molar-refractivity contribution in [1.82, 2.24) is 0 Å². The van der Waals surface area contributed by atoms with Gasteiger partial charge in [-0.1, -0.05) is 58.6 Å². The van der Waals surface area contributed by atoms with Gasteiger partial charge >= 0.3 is 16.2 Å². The van der Waals surface area contributed by atoms with Crippen molar-refractivity contribution in [3.63, 3.8) is 0 Å². The van der Waals surface area contributed by atoms with E-state index >= 15 is 0 Å². The molecule has 0 amide bonds. The molecule has 1 aromatic rings. The van der Waals surface area contributed by atoms with E-state index in [1.807, 2.05) is 0 Å². The molecule has 0 saturated heterocycles. The maximum atomic E-state index is 12.8. The molecule has 0 aromatic heterocycles. The van der Waals surface area contributed by atoms with Crippen LogP contribution in [0.3, 0.4) is 0 Å². The number of carbonyl (C=O) groups is 1. The average Bonchev–Trinajstić information content (AvgIpc) is 2.77. The van der Waals surface area contributed by atoms with Crippen LogP contribution in [0.5, 0.6) is 0 Å². The normalized spacial score (nSPS) is 27.6. The lowest BCUT2D eigenvalue weighted by Crippen LogP contribution is -2.07. The molecule has 1 aromatic carbocycles. The standard InChI is InChI=1S/C10H6BrCl2F5O2S/c11-5-1-4(7-8(9(19)20)10(7,12)13)2-6(3-5)21(14,15,16,17)18/h1-3,7-8H,(H,19,20). The molecule has 120 valence electrons. The summed E-state index contributed by atoms with van der Waals surface area (Å²) in [6, 6.07) is 1.51. The number of halogens is 8. The zero-order chi connectivity index (χ0) is 16.5. The van der Waals surface area contributed by atoms with E-state index in [1.165, 1.54) is 0 Å². The molecule has 11 heteroatoms. The number of hydrogen-bond donors (Lipinski definition) is 1. The molecule has 1 fully saturated rings. The van der Waals surface area contributed by atoms with Gasteiger partial charge in [0.2, 0.25) is 0 Å². The Morgan fingerprint density at radius 1 is 1.19 bits per heavy atom. The third kappa shape index (κ3) is 3.25. The Hall–Kier alpha value is -0.250. The lowest BCUT2D eigenvalue weighted by molar-refractivity contribution is -0.138. The van der Waals surface area contributed by atoms with E-state index in [2.05, 4.69) is 15.9 Å². The Bertz CT molecular complexity index is 649. The number of carboxylic acid groups (broad SMARTS) is 1.